The molecule has 0 saturated carbocycles. The molecule has 0 saturated heterocycles. The second-order valence-corrected chi connectivity index (χ2v) is 10.5. The molecule has 0 heterocycles. The maximum absolute atomic E-state index is 13.2. The van der Waals surface area contributed by atoms with Crippen LogP contribution in [-0.4, -0.2) is 34.0 Å². The van der Waals surface area contributed by atoms with Crippen molar-refractivity contribution in [2.45, 2.75) is 16.7 Å². The zero-order chi connectivity index (χ0) is 21.9. The summed E-state index contributed by atoms with van der Waals surface area (Å²) in [7, 11) is -6.96. The van der Waals surface area contributed by atoms with Crippen molar-refractivity contribution < 1.29 is 16.8 Å². The smallest absolute Gasteiger partial charge is 0.252 e. The Balaban J connectivity index is 2.17. The van der Waals surface area contributed by atoms with Gasteiger partial charge >= 0.3 is 0 Å². The Morgan fingerprint density at radius 1 is 0.800 bits per heavy atom. The first-order chi connectivity index (χ1) is 14.1. The van der Waals surface area contributed by atoms with Crippen molar-refractivity contribution in [3.8, 4) is 0 Å². The number of benzene rings is 3. The molecule has 0 spiro atoms. The minimum absolute atomic E-state index is 0.0226. The Morgan fingerprint density at radius 2 is 1.37 bits per heavy atom. The first-order valence-corrected chi connectivity index (χ1v) is 12.1. The fourth-order valence-corrected chi connectivity index (χ4v) is 5.04. The van der Waals surface area contributed by atoms with E-state index in [1.807, 2.05) is 6.92 Å². The van der Waals surface area contributed by atoms with Gasteiger partial charge in [-0.3, -0.25) is 4.31 Å². The van der Waals surface area contributed by atoms with Gasteiger partial charge in [0.1, 0.15) is 0 Å². The van der Waals surface area contributed by atoms with Gasteiger partial charge in [-0.2, -0.15) is 8.42 Å². The van der Waals surface area contributed by atoms with Crippen LogP contribution in [0.2, 0.25) is 5.02 Å². The Bertz CT molecular complexity index is 1270. The SMILES string of the molecule is Cc1ccc(S(=O)(=O)N(C)/C(=N\S(=O)(=O)c2ccccc2)c2ccc(Cl)cc2)cc1. The van der Waals surface area contributed by atoms with E-state index in [1.165, 1.54) is 55.6 Å². The number of halogens is 1. The summed E-state index contributed by atoms with van der Waals surface area (Å²) in [5, 5.41) is 0.424. The van der Waals surface area contributed by atoms with E-state index in [9.17, 15) is 16.8 Å². The molecule has 0 aliphatic carbocycles. The Labute approximate surface area is 181 Å². The number of amidine groups is 1. The van der Waals surface area contributed by atoms with Crippen LogP contribution < -0.4 is 0 Å². The number of aryl methyl sites for hydroxylation is 1. The van der Waals surface area contributed by atoms with Gasteiger partial charge in [0.15, 0.2) is 5.84 Å². The maximum Gasteiger partial charge on any atom is 0.284 e. The van der Waals surface area contributed by atoms with Crippen molar-refractivity contribution in [3.05, 3.63) is 95.0 Å². The topological polar surface area (TPSA) is 83.9 Å². The second kappa shape index (κ2) is 8.59. The van der Waals surface area contributed by atoms with E-state index in [1.54, 1.807) is 30.3 Å². The molecule has 0 bridgehead atoms. The molecule has 0 radical (unpaired) electrons. The van der Waals surface area contributed by atoms with Crippen molar-refractivity contribution in [3.63, 3.8) is 0 Å². The van der Waals surface area contributed by atoms with E-state index < -0.39 is 20.0 Å². The van der Waals surface area contributed by atoms with Gasteiger partial charge in [-0.25, -0.2) is 8.42 Å². The average molecular weight is 463 g/mol. The minimum atomic E-state index is -4.16. The van der Waals surface area contributed by atoms with E-state index in [0.29, 0.717) is 5.02 Å². The highest BCUT2D eigenvalue weighted by Crippen LogP contribution is 2.22. The van der Waals surface area contributed by atoms with E-state index in [2.05, 4.69) is 4.40 Å². The monoisotopic (exact) mass is 462 g/mol. The lowest BCUT2D eigenvalue weighted by atomic mass is 10.2. The van der Waals surface area contributed by atoms with Crippen LogP contribution in [-0.2, 0) is 20.0 Å². The van der Waals surface area contributed by atoms with Crippen LogP contribution in [0.4, 0.5) is 0 Å². The number of hydrogen-bond donors (Lipinski definition) is 0. The van der Waals surface area contributed by atoms with Crippen LogP contribution in [0.1, 0.15) is 11.1 Å². The molecule has 0 N–H and O–H groups in total. The first-order valence-electron chi connectivity index (χ1n) is 8.83. The summed E-state index contributed by atoms with van der Waals surface area (Å²) in [6, 6.07) is 20.0. The molecule has 6 nitrogen and oxygen atoms in total. The summed E-state index contributed by atoms with van der Waals surface area (Å²) in [4.78, 5) is -0.0213. The quantitative estimate of drug-likeness (QED) is 0.422. The summed E-state index contributed by atoms with van der Waals surface area (Å²) in [6.07, 6.45) is 0. The lowest BCUT2D eigenvalue weighted by Gasteiger charge is -2.21. The summed E-state index contributed by atoms with van der Waals surface area (Å²) >= 11 is 5.94. The Hall–Kier alpha value is -2.68. The normalized spacial score (nSPS) is 12.6. The standard InChI is InChI=1S/C21H19ClN2O4S2/c1-16-8-14-20(15-9-16)30(27,28)24(2)21(17-10-12-18(22)13-11-17)23-29(25,26)19-6-4-3-5-7-19/h3-15H,1-2H3/b23-21-. The highest BCUT2D eigenvalue weighted by atomic mass is 35.5. The minimum Gasteiger partial charge on any atom is -0.252 e. The van der Waals surface area contributed by atoms with Crippen molar-refractivity contribution >= 4 is 37.5 Å². The molecule has 0 aromatic heterocycles. The maximum atomic E-state index is 13.2. The van der Waals surface area contributed by atoms with Gasteiger partial charge in [-0.15, -0.1) is 4.40 Å². The van der Waals surface area contributed by atoms with Crippen LogP contribution >= 0.6 is 11.6 Å². The fourth-order valence-electron chi connectivity index (χ4n) is 2.63. The predicted molar refractivity (Wildman–Crippen MR) is 118 cm³/mol. The van der Waals surface area contributed by atoms with Gasteiger partial charge in [-0.05, 0) is 55.5 Å². The van der Waals surface area contributed by atoms with Gasteiger partial charge in [0, 0.05) is 17.6 Å². The van der Waals surface area contributed by atoms with Crippen LogP contribution in [0.3, 0.4) is 0 Å². The molecular formula is C21H19ClN2O4S2. The largest absolute Gasteiger partial charge is 0.284 e. The number of sulfonamides is 2. The van der Waals surface area contributed by atoms with Gasteiger partial charge in [0.2, 0.25) is 0 Å². The third kappa shape index (κ3) is 4.72. The van der Waals surface area contributed by atoms with E-state index >= 15 is 0 Å². The van der Waals surface area contributed by atoms with Gasteiger partial charge in [0.25, 0.3) is 20.0 Å². The van der Waals surface area contributed by atoms with E-state index in [-0.39, 0.29) is 21.2 Å². The van der Waals surface area contributed by atoms with Crippen LogP contribution in [0.5, 0.6) is 0 Å². The molecule has 0 aliphatic heterocycles. The molecule has 0 fully saturated rings. The molecule has 156 valence electrons. The van der Waals surface area contributed by atoms with Crippen molar-refractivity contribution in [1.29, 1.82) is 0 Å². The van der Waals surface area contributed by atoms with Crippen molar-refractivity contribution in [2.75, 3.05) is 7.05 Å². The molecule has 9 heteroatoms. The first kappa shape index (κ1) is 22.0. The molecule has 3 rings (SSSR count). The zero-order valence-corrected chi connectivity index (χ0v) is 18.6. The fraction of sp³-hybridized carbons (Fsp3) is 0.0952. The Kier molecular flexibility index (Phi) is 6.30. The van der Waals surface area contributed by atoms with Gasteiger partial charge < -0.3 is 0 Å². The average Bonchev–Trinajstić information content (AvgIpc) is 2.73. The summed E-state index contributed by atoms with van der Waals surface area (Å²) < 4.78 is 56.8. The number of rotatable bonds is 5. The molecule has 0 unspecified atom stereocenters. The molecule has 3 aromatic rings. The third-order valence-corrected chi connectivity index (χ3v) is 7.62. The van der Waals surface area contributed by atoms with Gasteiger partial charge in [0.05, 0.1) is 9.79 Å². The molecule has 0 atom stereocenters. The summed E-state index contributed by atoms with van der Waals surface area (Å²) in [5.41, 5.74) is 1.19. The highest BCUT2D eigenvalue weighted by Gasteiger charge is 2.27. The second-order valence-electron chi connectivity index (χ2n) is 6.50. The highest BCUT2D eigenvalue weighted by molar-refractivity contribution is 7.91. The molecule has 0 amide bonds. The Morgan fingerprint density at radius 3 is 1.93 bits per heavy atom. The number of nitrogens with zero attached hydrogens (tertiary/aromatic N) is 2. The summed E-state index contributed by atoms with van der Waals surface area (Å²) in [5.74, 6) is -0.240. The molecule has 3 aromatic carbocycles. The molecule has 0 aliphatic rings. The lowest BCUT2D eigenvalue weighted by molar-refractivity contribution is 0.552. The van der Waals surface area contributed by atoms with E-state index in [4.69, 9.17) is 11.6 Å². The lowest BCUT2D eigenvalue weighted by Crippen LogP contribution is -2.34. The molecular weight excluding hydrogens is 444 g/mol. The van der Waals surface area contributed by atoms with Crippen LogP contribution in [0.15, 0.2) is 93.1 Å². The predicted octanol–water partition coefficient (Wildman–Crippen LogP) is 4.10. The third-order valence-electron chi connectivity index (χ3n) is 4.33. The van der Waals surface area contributed by atoms with Crippen LogP contribution in [0.25, 0.3) is 0 Å². The van der Waals surface area contributed by atoms with E-state index in [0.717, 1.165) is 9.87 Å². The zero-order valence-electron chi connectivity index (χ0n) is 16.2. The van der Waals surface area contributed by atoms with Crippen LogP contribution in [0, 0.1) is 6.92 Å². The molecule has 30 heavy (non-hydrogen) atoms. The number of hydrogen-bond acceptors (Lipinski definition) is 4. The van der Waals surface area contributed by atoms with Crippen molar-refractivity contribution in [1.82, 2.24) is 4.31 Å². The van der Waals surface area contributed by atoms with Gasteiger partial charge in [-0.1, -0.05) is 47.5 Å². The van der Waals surface area contributed by atoms with Crippen molar-refractivity contribution in [2.24, 2.45) is 4.40 Å². The summed E-state index contributed by atoms with van der Waals surface area (Å²) in [6.45, 7) is 1.84.